The number of allylic oxidation sites excluding steroid dienone is 10. The second-order valence-electron chi connectivity index (χ2n) is 8.32. The summed E-state index contributed by atoms with van der Waals surface area (Å²) in [6.07, 6.45) is 15.2. The maximum atomic E-state index is 6.54. The third-order valence-corrected chi connectivity index (χ3v) is 7.04. The van der Waals surface area contributed by atoms with Crippen LogP contribution in [0, 0.1) is 10.8 Å². The molecule has 0 bridgehead atoms. The van der Waals surface area contributed by atoms with Gasteiger partial charge in [-0.3, -0.25) is 0 Å². The van der Waals surface area contributed by atoms with E-state index in [1.54, 1.807) is 0 Å². The van der Waals surface area contributed by atoms with Crippen LogP contribution in [0.4, 0.5) is 5.69 Å². The third kappa shape index (κ3) is 2.00. The molecule has 2 N–H and O–H groups in total. The van der Waals surface area contributed by atoms with Crippen molar-refractivity contribution in [3.05, 3.63) is 95.1 Å². The number of anilines is 1. The van der Waals surface area contributed by atoms with Crippen LogP contribution >= 0.6 is 0 Å². The van der Waals surface area contributed by atoms with Gasteiger partial charge in [0, 0.05) is 22.1 Å². The smallest absolute Gasteiger partial charge is 0.0400 e. The first-order chi connectivity index (χ1) is 13.0. The molecular formula is C26H25N. The number of hydrogen-bond acceptors (Lipinski definition) is 1. The summed E-state index contributed by atoms with van der Waals surface area (Å²) in [5.74, 6) is 0. The van der Waals surface area contributed by atoms with E-state index >= 15 is 0 Å². The van der Waals surface area contributed by atoms with Crippen molar-refractivity contribution >= 4 is 22.0 Å². The van der Waals surface area contributed by atoms with E-state index in [9.17, 15) is 0 Å². The van der Waals surface area contributed by atoms with Crippen LogP contribution in [0.15, 0.2) is 89.6 Å². The lowest BCUT2D eigenvalue weighted by molar-refractivity contribution is 0.325. The normalized spacial score (nSPS) is 28.4. The lowest BCUT2D eigenvalue weighted by Gasteiger charge is -2.36. The number of benzene rings is 2. The molecule has 27 heavy (non-hydrogen) atoms. The highest BCUT2D eigenvalue weighted by atomic mass is 14.6. The van der Waals surface area contributed by atoms with Crippen LogP contribution in [0.25, 0.3) is 16.3 Å². The molecule has 0 aromatic heterocycles. The zero-order valence-electron chi connectivity index (χ0n) is 16.2. The first kappa shape index (κ1) is 16.4. The van der Waals surface area contributed by atoms with E-state index in [1.807, 2.05) is 6.07 Å². The van der Waals surface area contributed by atoms with Crippen LogP contribution in [0.3, 0.4) is 0 Å². The minimum absolute atomic E-state index is 0.00845. The highest BCUT2D eigenvalue weighted by Gasteiger charge is 2.52. The van der Waals surface area contributed by atoms with Crippen molar-refractivity contribution in [1.29, 1.82) is 0 Å². The summed E-state index contributed by atoms with van der Waals surface area (Å²) >= 11 is 0. The molecule has 0 aliphatic heterocycles. The van der Waals surface area contributed by atoms with Gasteiger partial charge >= 0.3 is 0 Å². The van der Waals surface area contributed by atoms with Gasteiger partial charge in [0.05, 0.1) is 0 Å². The van der Waals surface area contributed by atoms with Crippen molar-refractivity contribution in [2.24, 2.45) is 10.8 Å². The predicted molar refractivity (Wildman–Crippen MR) is 116 cm³/mol. The van der Waals surface area contributed by atoms with E-state index in [1.165, 1.54) is 38.6 Å². The van der Waals surface area contributed by atoms with Crippen LogP contribution in [-0.2, 0) is 0 Å². The average Bonchev–Trinajstić information content (AvgIpc) is 3.00. The minimum Gasteiger partial charge on any atom is -0.398 e. The van der Waals surface area contributed by atoms with Crippen LogP contribution < -0.4 is 5.73 Å². The zero-order chi connectivity index (χ0) is 18.8. The molecule has 2 aromatic rings. The largest absolute Gasteiger partial charge is 0.398 e. The van der Waals surface area contributed by atoms with Crippen LogP contribution in [0.5, 0.6) is 0 Å². The maximum Gasteiger partial charge on any atom is 0.0400 e. The first-order valence-electron chi connectivity index (χ1n) is 9.81. The number of rotatable bonds is 2. The third-order valence-electron chi connectivity index (χ3n) is 7.04. The monoisotopic (exact) mass is 351 g/mol. The Hall–Kier alpha value is -2.80. The predicted octanol–water partition coefficient (Wildman–Crippen LogP) is 6.60. The molecule has 0 heterocycles. The van der Waals surface area contributed by atoms with Crippen LogP contribution in [-0.4, -0.2) is 0 Å². The van der Waals surface area contributed by atoms with Gasteiger partial charge in [-0.25, -0.2) is 0 Å². The molecule has 1 nitrogen and oxygen atoms in total. The Bertz CT molecular complexity index is 1140. The van der Waals surface area contributed by atoms with Gasteiger partial charge in [-0.2, -0.15) is 0 Å². The van der Waals surface area contributed by atoms with Gasteiger partial charge in [0.2, 0.25) is 0 Å². The quantitative estimate of drug-likeness (QED) is 0.606. The Morgan fingerprint density at radius 1 is 0.889 bits per heavy atom. The maximum absolute atomic E-state index is 6.54. The molecule has 0 saturated carbocycles. The Kier molecular flexibility index (Phi) is 3.25. The number of nitrogen functional groups attached to an aromatic ring is 1. The SMILES string of the molecule is CCC1=C(c2c(N)ccc3ccccc23)C=C2C=C[C@]3(C)C=CC(=C1)[C@]23C. The van der Waals surface area contributed by atoms with Gasteiger partial charge in [0.1, 0.15) is 0 Å². The fraction of sp³-hybridized carbons (Fsp3) is 0.231. The molecule has 0 radical (unpaired) electrons. The number of fused-ring (bicyclic) bond motifs is 1. The molecule has 0 spiro atoms. The van der Waals surface area contributed by atoms with Gasteiger partial charge in [0.25, 0.3) is 0 Å². The Morgan fingerprint density at radius 3 is 2.33 bits per heavy atom. The summed E-state index contributed by atoms with van der Waals surface area (Å²) in [6.45, 7) is 6.96. The molecule has 0 fully saturated rings. The molecule has 134 valence electrons. The number of nitrogens with two attached hydrogens (primary N) is 1. The van der Waals surface area contributed by atoms with Gasteiger partial charge < -0.3 is 5.73 Å². The Labute approximate surface area is 161 Å². The summed E-state index contributed by atoms with van der Waals surface area (Å²) in [5.41, 5.74) is 14.0. The molecule has 0 saturated heterocycles. The average molecular weight is 351 g/mol. The number of hydrogen-bond donors (Lipinski definition) is 1. The molecule has 2 atom stereocenters. The zero-order valence-corrected chi connectivity index (χ0v) is 16.2. The summed E-state index contributed by atoms with van der Waals surface area (Å²) in [6, 6.07) is 12.7. The second kappa shape index (κ2) is 5.36. The lowest BCUT2D eigenvalue weighted by atomic mass is 9.66. The summed E-state index contributed by atoms with van der Waals surface area (Å²) in [4.78, 5) is 0. The van der Waals surface area contributed by atoms with Crippen molar-refractivity contribution in [2.75, 3.05) is 5.73 Å². The van der Waals surface area contributed by atoms with E-state index < -0.39 is 0 Å². The second-order valence-corrected chi connectivity index (χ2v) is 8.32. The van der Waals surface area contributed by atoms with E-state index in [4.69, 9.17) is 5.73 Å². The summed E-state index contributed by atoms with van der Waals surface area (Å²) in [7, 11) is 0. The van der Waals surface area contributed by atoms with Crippen molar-refractivity contribution in [1.82, 2.24) is 0 Å². The molecular weight excluding hydrogens is 326 g/mol. The lowest BCUT2D eigenvalue weighted by Crippen LogP contribution is -2.29. The van der Waals surface area contributed by atoms with Gasteiger partial charge in [-0.1, -0.05) is 81.5 Å². The van der Waals surface area contributed by atoms with Crippen LogP contribution in [0.1, 0.15) is 32.8 Å². The van der Waals surface area contributed by atoms with Gasteiger partial charge in [-0.05, 0) is 51.6 Å². The van der Waals surface area contributed by atoms with Crippen LogP contribution in [0.2, 0.25) is 0 Å². The standard InChI is InChI=1S/C26H25N/c1-4-17-15-19-11-13-25(2)14-12-20(26(19,25)3)16-22(17)24-21-8-6-5-7-18(21)9-10-23(24)27/h5-16H,4,27H2,1-3H3/t25-,26+/m0/s1. The van der Waals surface area contributed by atoms with Gasteiger partial charge in [-0.15, -0.1) is 0 Å². The Balaban J connectivity index is 1.86. The molecule has 0 amide bonds. The van der Waals surface area contributed by atoms with E-state index in [2.05, 4.69) is 87.6 Å². The molecule has 3 aliphatic carbocycles. The van der Waals surface area contributed by atoms with Gasteiger partial charge in [0.15, 0.2) is 0 Å². The highest BCUT2D eigenvalue weighted by molar-refractivity contribution is 6.02. The van der Waals surface area contributed by atoms with E-state index in [0.29, 0.717) is 0 Å². The van der Waals surface area contributed by atoms with Crippen molar-refractivity contribution in [2.45, 2.75) is 27.2 Å². The topological polar surface area (TPSA) is 26.0 Å². The highest BCUT2D eigenvalue weighted by Crippen LogP contribution is 2.62. The molecule has 1 heteroatoms. The molecule has 5 rings (SSSR count). The van der Waals surface area contributed by atoms with E-state index in [-0.39, 0.29) is 10.8 Å². The summed E-state index contributed by atoms with van der Waals surface area (Å²) < 4.78 is 0. The first-order valence-corrected chi connectivity index (χ1v) is 9.81. The van der Waals surface area contributed by atoms with Crippen molar-refractivity contribution in [3.8, 4) is 0 Å². The van der Waals surface area contributed by atoms with Crippen molar-refractivity contribution < 1.29 is 0 Å². The fourth-order valence-corrected chi connectivity index (χ4v) is 5.05. The van der Waals surface area contributed by atoms with Crippen molar-refractivity contribution in [3.63, 3.8) is 0 Å². The van der Waals surface area contributed by atoms with E-state index in [0.717, 1.165) is 12.1 Å². The Morgan fingerprint density at radius 2 is 1.59 bits per heavy atom. The molecule has 2 aromatic carbocycles. The molecule has 0 unspecified atom stereocenters. The minimum atomic E-state index is 0.00845. The fourth-order valence-electron chi connectivity index (χ4n) is 5.05. The summed E-state index contributed by atoms with van der Waals surface area (Å²) in [5, 5.41) is 2.46. The molecule has 3 aliphatic rings.